The van der Waals surface area contributed by atoms with Gasteiger partial charge in [0.05, 0.1) is 64.1 Å². The van der Waals surface area contributed by atoms with E-state index in [1.54, 1.807) is 6.92 Å². The lowest BCUT2D eigenvalue weighted by Gasteiger charge is -2.67. The number of carbonyl (C=O) groups excluding carboxylic acids is 2. The number of ether oxygens (including phenoxy) is 5. The Morgan fingerprint density at radius 3 is 1.14 bits per heavy atom. The molecule has 0 amide bonds. The van der Waals surface area contributed by atoms with Gasteiger partial charge in [-0.25, -0.2) is 0 Å². The molecule has 0 heterocycles. The van der Waals surface area contributed by atoms with Crippen LogP contribution in [0.25, 0.3) is 0 Å². The van der Waals surface area contributed by atoms with Crippen molar-refractivity contribution in [3.05, 3.63) is 95.2 Å². The van der Waals surface area contributed by atoms with Gasteiger partial charge in [0.25, 0.3) is 0 Å². The number of hydrogen-bond acceptors (Lipinski definition) is 15. The number of methoxy groups -OCH3 is 3. The molecule has 15 nitrogen and oxygen atoms in total. The predicted molar refractivity (Wildman–Crippen MR) is 575 cm³/mol. The number of aliphatic hydroxyl groups is 8. The fraction of sp³-hybridized carbons (Fsp3) is 0.858. The molecule has 13 saturated carbocycles. The molecule has 0 aromatic carbocycles. The lowest BCUT2D eigenvalue weighted by Crippen LogP contribution is -2.68. The Morgan fingerprint density at radius 1 is 0.408 bits per heavy atom. The van der Waals surface area contributed by atoms with Gasteiger partial charge in [-0.15, -0.1) is 0 Å². The first-order valence-corrected chi connectivity index (χ1v) is 57.6. The molecule has 13 fully saturated rings. The van der Waals surface area contributed by atoms with Gasteiger partial charge in [-0.3, -0.25) is 9.59 Å². The van der Waals surface area contributed by atoms with Gasteiger partial charge in [0.2, 0.25) is 0 Å². The molecular formula is C127H208O15. The molecule has 1 unspecified atom stereocenters. The summed E-state index contributed by atoms with van der Waals surface area (Å²) < 4.78 is 32.4. The number of aliphatic hydroxyl groups excluding tert-OH is 5. The zero-order valence-electron chi connectivity index (χ0n) is 96.3. The van der Waals surface area contributed by atoms with E-state index >= 15 is 0 Å². The molecule has 0 aromatic heterocycles. The van der Waals surface area contributed by atoms with Gasteiger partial charge in [-0.1, -0.05) is 235 Å². The van der Waals surface area contributed by atoms with Crippen molar-refractivity contribution in [1.29, 1.82) is 0 Å². The molecule has 142 heavy (non-hydrogen) atoms. The lowest BCUT2D eigenvalue weighted by molar-refractivity contribution is -0.240. The highest BCUT2D eigenvalue weighted by Gasteiger charge is 2.79. The maximum atomic E-state index is 12.5. The largest absolute Gasteiger partial charge is 0.458 e. The van der Waals surface area contributed by atoms with E-state index in [4.69, 9.17) is 23.7 Å². The molecule has 38 atom stereocenters. The van der Waals surface area contributed by atoms with Crippen molar-refractivity contribution in [2.45, 2.75) is 484 Å². The van der Waals surface area contributed by atoms with E-state index in [9.17, 15) is 50.4 Å². The maximum Gasteiger partial charge on any atom is 0.303 e. The van der Waals surface area contributed by atoms with Crippen LogP contribution < -0.4 is 0 Å². The minimum absolute atomic E-state index is 0.00943. The summed E-state index contributed by atoms with van der Waals surface area (Å²) in [5.74, 6) is 7.89. The molecule has 0 saturated heterocycles. The van der Waals surface area contributed by atoms with Crippen LogP contribution in [0.1, 0.15) is 408 Å². The SMILES string of the molecule is CO[C@@]12CC[C@]3(C)[C@@H]([C@H](C)C/C=C/C(C)(C)O)CC[C@@]3(C)[C@@H]1[C@@H](OC(C)=O)C=C1[C@H]2CC[C@H](C)C1(C)C.CO[C@@]12CC[C@]3(C)[C@@H]([C@H](C)C/C=C/C(C)(C)O)CC[C@@]3(C)[C@@H]1[C@@H](OC(C)=O)C=C1[C@H]2CC[C@H](O)C1(C)C.CO[C@@]12CC[C@]3(C)[C@@H]([C@H](C)C[C@@H](O)C=C(C)C)CC[C@@]3(C)[C@@H]1[C@@H](O)C=C1[C@H]2CC[C@H](O)C1(C)C.C[C@H](C/C=C/C(C)(C)O)[C@H]1CC[C@@]2(C)[C@@H]3C=C[C@@]45C[C@@H](C)C3(CC[C@]12C)[C@@H]4CC[C@H](O)C5(C)C. The average molecular weight is 1980 g/mol. The number of carbonyl (C=O) groups is 2. The van der Waals surface area contributed by atoms with Crippen LogP contribution in [0, 0.1) is 182 Å². The van der Waals surface area contributed by atoms with Crippen molar-refractivity contribution in [1.82, 2.24) is 0 Å². The van der Waals surface area contributed by atoms with E-state index in [1.165, 1.54) is 75.0 Å². The third kappa shape index (κ3) is 18.0. The Kier molecular flexibility index (Phi) is 31.5. The maximum absolute atomic E-state index is 12.5. The van der Waals surface area contributed by atoms with Gasteiger partial charge in [-0.2, -0.15) is 0 Å². The van der Waals surface area contributed by atoms with Crippen molar-refractivity contribution >= 4 is 11.9 Å². The highest BCUT2D eigenvalue weighted by atomic mass is 16.6. The van der Waals surface area contributed by atoms with E-state index in [2.05, 4.69) is 201 Å². The predicted octanol–water partition coefficient (Wildman–Crippen LogP) is 26.9. The van der Waals surface area contributed by atoms with Crippen LogP contribution in [-0.2, 0) is 33.3 Å². The first-order chi connectivity index (χ1) is 65.5. The number of rotatable bonds is 21. The Morgan fingerprint density at radius 2 is 0.754 bits per heavy atom. The quantitative estimate of drug-likeness (QED) is 0.0394. The highest BCUT2D eigenvalue weighted by molar-refractivity contribution is 5.67. The van der Waals surface area contributed by atoms with Crippen molar-refractivity contribution < 1.29 is 74.1 Å². The van der Waals surface area contributed by atoms with Gasteiger partial charge < -0.3 is 64.5 Å². The third-order valence-corrected chi connectivity index (χ3v) is 48.8. The van der Waals surface area contributed by atoms with Gasteiger partial charge in [-0.05, 0) is 384 Å². The minimum Gasteiger partial charge on any atom is -0.458 e. The molecule has 17 rings (SSSR count). The summed E-state index contributed by atoms with van der Waals surface area (Å²) in [6.07, 6.45) is 55.4. The number of hydrogen-bond donors (Lipinski definition) is 8. The van der Waals surface area contributed by atoms with E-state index in [1.807, 2.05) is 101 Å². The standard InChI is InChI=1S/C33H54O4.C32H52O5.C32H52O2.C30H50O4/c1-21(12-11-16-29(4,5)35)24-15-17-32(9)28-27(37-23(3)34)20-26-25(14-13-22(2)30(26,6)7)33(28,36-10)19-18-31(24,32)8;1-20(11-10-15-28(3,4)35)22-14-16-31(8)27-25(37-21(2)33)19-24-23(12-13-26(34)29(24,5)6)32(27,36-9)18-17-30(22,31)7;1-21(10-9-15-27(3,4)34)23-13-16-30(8)24-14-17-31-20-22(2)32(24,19-18-29(23,30)7)25(31)11-12-26(33)28(31,5)6;1-18(2)15-20(31)16-19(3)21-11-12-29(7)26-24(32)17-23-22(9-10-25(33)27(23,4)5)30(26,34-8)14-13-28(21,29)6/h11,16,20-22,24-25,27-28,35H,12-15,17-19H2,1-10H3;10,15,19-20,22-23,25-27,34-35H,11-14,16-18H2,1-9H3;9,14-15,17,21-26,33-34H,10-13,16,18-20H2,1-8H3;15,17,19-22,24-26,31-33H,9-14,16H2,1-8H3/b16-11+;15-10+;15-9+;/t21-,22+,24-,25-,27+,28+,31-,32+,33-;20-,22-,23-,25+,26+,27+,30-,31+,32-;21-,22-,23-,24+,25-,26+,29-,30+,31-,32?;19-,20+,21-,22-,24+,25+,26+,28-,29+,30-/m1111/s1. The molecule has 0 aromatic rings. The van der Waals surface area contributed by atoms with Crippen LogP contribution in [-0.4, -0.2) is 150 Å². The lowest BCUT2D eigenvalue weighted by atomic mass is 9.37. The monoisotopic (exact) mass is 1970 g/mol. The Hall–Kier alpha value is -3.58. The summed E-state index contributed by atoms with van der Waals surface area (Å²) >= 11 is 0. The third-order valence-electron chi connectivity index (χ3n) is 48.8. The summed E-state index contributed by atoms with van der Waals surface area (Å²) in [6, 6.07) is 0. The minimum atomic E-state index is -0.790. The zero-order chi connectivity index (χ0) is 105. The second-order valence-electron chi connectivity index (χ2n) is 58.1. The van der Waals surface area contributed by atoms with Crippen LogP contribution in [0.3, 0.4) is 0 Å². The molecule has 0 radical (unpaired) electrons. The normalized spacial score (nSPS) is 46.7. The number of esters is 2. The first-order valence-electron chi connectivity index (χ1n) is 57.6. The van der Waals surface area contributed by atoms with Gasteiger partial charge >= 0.3 is 11.9 Å². The second kappa shape index (κ2) is 39.2. The molecule has 17 aliphatic carbocycles. The van der Waals surface area contributed by atoms with Crippen molar-refractivity contribution in [3.8, 4) is 0 Å². The van der Waals surface area contributed by atoms with Gasteiger partial charge in [0, 0.05) is 86.9 Å². The second-order valence-corrected chi connectivity index (χ2v) is 58.1. The Labute approximate surface area is 863 Å². The van der Waals surface area contributed by atoms with E-state index in [0.717, 1.165) is 158 Å². The van der Waals surface area contributed by atoms with Crippen molar-refractivity contribution in [3.63, 3.8) is 0 Å². The van der Waals surface area contributed by atoms with E-state index in [0.29, 0.717) is 75.4 Å². The molecule has 806 valence electrons. The molecule has 8 N–H and O–H groups in total. The Bertz CT molecular complexity index is 4620. The van der Waals surface area contributed by atoms with Gasteiger partial charge in [0.1, 0.15) is 12.2 Å². The van der Waals surface area contributed by atoms with Crippen LogP contribution in [0.5, 0.6) is 0 Å². The summed E-state index contributed by atoms with van der Waals surface area (Å²) in [4.78, 5) is 24.9. The smallest absolute Gasteiger partial charge is 0.303 e. The van der Waals surface area contributed by atoms with Crippen LogP contribution in [0.2, 0.25) is 0 Å². The fourth-order valence-electron chi connectivity index (χ4n) is 40.1. The van der Waals surface area contributed by atoms with E-state index in [-0.39, 0.29) is 137 Å². The average Bonchev–Trinajstić information content (AvgIpc) is 1.51. The zero-order valence-corrected chi connectivity index (χ0v) is 96.3. The molecular weight excluding hydrogens is 1770 g/mol. The first kappa shape index (κ1) is 114. The molecule has 2 bridgehead atoms. The molecule has 1 spiro atoms. The van der Waals surface area contributed by atoms with Crippen molar-refractivity contribution in [2.24, 2.45) is 182 Å². The molecule has 0 aliphatic heterocycles. The van der Waals surface area contributed by atoms with E-state index < -0.39 is 40.7 Å². The fourth-order valence-corrected chi connectivity index (χ4v) is 40.1. The summed E-state index contributed by atoms with van der Waals surface area (Å²) in [5, 5.41) is 85.7. The van der Waals surface area contributed by atoms with Crippen LogP contribution >= 0.6 is 0 Å². The van der Waals surface area contributed by atoms with Crippen molar-refractivity contribution in [2.75, 3.05) is 21.3 Å². The molecule has 15 heteroatoms. The number of allylic oxidation sites excluding steroid dienone is 6. The Balaban J connectivity index is 0.000000150. The topological polar surface area (TPSA) is 242 Å². The van der Waals surface area contributed by atoms with Crippen LogP contribution in [0.15, 0.2) is 95.2 Å². The summed E-state index contributed by atoms with van der Waals surface area (Å²) in [6.45, 7) is 70.9. The van der Waals surface area contributed by atoms with Gasteiger partial charge in [0.15, 0.2) is 0 Å². The highest BCUT2D eigenvalue weighted by Crippen LogP contribution is 2.84. The summed E-state index contributed by atoms with van der Waals surface area (Å²) in [7, 11) is 5.65. The number of fused-ring (bicyclic) bond motifs is 17. The molecule has 17 aliphatic rings. The van der Waals surface area contributed by atoms with Crippen LogP contribution in [0.4, 0.5) is 0 Å². The summed E-state index contributed by atoms with van der Waals surface area (Å²) in [5.41, 5.74) is 2.57.